The van der Waals surface area contributed by atoms with E-state index in [1.165, 1.54) is 6.08 Å². The summed E-state index contributed by atoms with van der Waals surface area (Å²) in [7, 11) is 1.58. The molecule has 0 amide bonds. The quantitative estimate of drug-likeness (QED) is 0.476. The first-order valence-corrected chi connectivity index (χ1v) is 5.62. The first-order chi connectivity index (χ1) is 8.56. The fourth-order valence-electron chi connectivity index (χ4n) is 1.39. The number of benzene rings is 1. The highest BCUT2D eigenvalue weighted by atomic mass is 16.5. The van der Waals surface area contributed by atoms with Crippen LogP contribution in [0.4, 0.5) is 11.4 Å². The Morgan fingerprint density at radius 3 is 2.78 bits per heavy atom. The summed E-state index contributed by atoms with van der Waals surface area (Å²) in [5.74, 6) is 0.305. The minimum Gasteiger partial charge on any atom is -0.497 e. The lowest BCUT2D eigenvalue weighted by molar-refractivity contribution is -0.137. The Balaban J connectivity index is 2.75. The van der Waals surface area contributed by atoms with E-state index in [-0.39, 0.29) is 5.97 Å². The summed E-state index contributed by atoms with van der Waals surface area (Å²) >= 11 is 0. The molecule has 0 heterocycles. The summed E-state index contributed by atoms with van der Waals surface area (Å²) in [5.41, 5.74) is 7.77. The summed E-state index contributed by atoms with van der Waals surface area (Å²) < 4.78 is 9.87. The highest BCUT2D eigenvalue weighted by Gasteiger charge is 2.03. The van der Waals surface area contributed by atoms with Crippen molar-refractivity contribution >= 4 is 17.3 Å². The molecule has 0 aliphatic carbocycles. The summed E-state index contributed by atoms with van der Waals surface area (Å²) in [4.78, 5) is 11.2. The Morgan fingerprint density at radius 2 is 2.22 bits per heavy atom. The van der Waals surface area contributed by atoms with Crippen molar-refractivity contribution in [2.75, 3.05) is 24.8 Å². The second kappa shape index (κ2) is 6.54. The van der Waals surface area contributed by atoms with Crippen LogP contribution in [0.25, 0.3) is 0 Å². The predicted molar refractivity (Wildman–Crippen MR) is 71.4 cm³/mol. The van der Waals surface area contributed by atoms with E-state index >= 15 is 0 Å². The van der Waals surface area contributed by atoms with Crippen LogP contribution in [-0.4, -0.2) is 19.7 Å². The van der Waals surface area contributed by atoms with Gasteiger partial charge in [-0.05, 0) is 26.0 Å². The lowest BCUT2D eigenvalue weighted by Crippen LogP contribution is -2.05. The van der Waals surface area contributed by atoms with Gasteiger partial charge in [0, 0.05) is 17.8 Å². The van der Waals surface area contributed by atoms with Crippen molar-refractivity contribution in [1.82, 2.24) is 0 Å². The molecule has 5 nitrogen and oxygen atoms in total. The zero-order valence-corrected chi connectivity index (χ0v) is 10.8. The monoisotopic (exact) mass is 250 g/mol. The average molecular weight is 250 g/mol. The van der Waals surface area contributed by atoms with E-state index in [1.54, 1.807) is 39.2 Å². The summed E-state index contributed by atoms with van der Waals surface area (Å²) in [6.45, 7) is 3.88. The van der Waals surface area contributed by atoms with Crippen LogP contribution in [0.15, 0.2) is 30.0 Å². The van der Waals surface area contributed by atoms with Gasteiger partial charge in [0.1, 0.15) is 5.75 Å². The Kier molecular flexibility index (Phi) is 5.05. The Bertz CT molecular complexity index is 456. The number of nitrogens with one attached hydrogen (secondary N) is 1. The number of methoxy groups -OCH3 is 1. The number of hydrogen-bond donors (Lipinski definition) is 2. The van der Waals surface area contributed by atoms with Crippen molar-refractivity contribution in [3.63, 3.8) is 0 Å². The molecule has 0 unspecified atom stereocenters. The van der Waals surface area contributed by atoms with Crippen LogP contribution in [0.5, 0.6) is 5.75 Å². The Labute approximate surface area is 107 Å². The number of rotatable bonds is 5. The largest absolute Gasteiger partial charge is 0.497 e. The number of esters is 1. The third kappa shape index (κ3) is 4.01. The molecule has 1 aromatic carbocycles. The molecular formula is C13H18N2O3. The Hall–Kier alpha value is -2.17. The van der Waals surface area contributed by atoms with Crippen LogP contribution in [0, 0.1) is 0 Å². The number of nitrogens with two attached hydrogens (primary N) is 1. The first kappa shape index (κ1) is 13.9. The smallest absolute Gasteiger partial charge is 0.332 e. The molecule has 0 atom stereocenters. The van der Waals surface area contributed by atoms with E-state index in [0.29, 0.717) is 29.4 Å². The standard InChI is InChI=1S/C13H18N2O3/c1-4-18-13(16)7-9(2)15-12-6-5-10(17-3)8-11(12)14/h5-8,15H,4,14H2,1-3H3/b9-7+. The molecule has 0 aliphatic rings. The molecule has 0 aromatic heterocycles. The van der Waals surface area contributed by atoms with E-state index in [2.05, 4.69) is 5.32 Å². The molecule has 98 valence electrons. The minimum absolute atomic E-state index is 0.354. The molecule has 0 aliphatic heterocycles. The maximum atomic E-state index is 11.2. The highest BCUT2D eigenvalue weighted by molar-refractivity contribution is 5.84. The van der Waals surface area contributed by atoms with Crippen LogP contribution in [0.3, 0.4) is 0 Å². The average Bonchev–Trinajstić information content (AvgIpc) is 2.31. The molecule has 0 fully saturated rings. The SMILES string of the molecule is CCOC(=O)/C=C(\C)Nc1ccc(OC)cc1N. The van der Waals surface area contributed by atoms with Crippen LogP contribution in [0.1, 0.15) is 13.8 Å². The van der Waals surface area contributed by atoms with Crippen molar-refractivity contribution in [3.05, 3.63) is 30.0 Å². The van der Waals surface area contributed by atoms with Crippen molar-refractivity contribution in [2.45, 2.75) is 13.8 Å². The van der Waals surface area contributed by atoms with Crippen LogP contribution in [-0.2, 0) is 9.53 Å². The summed E-state index contributed by atoms with van der Waals surface area (Å²) in [6, 6.07) is 5.28. The molecule has 1 aromatic rings. The van der Waals surface area contributed by atoms with Gasteiger partial charge in [-0.3, -0.25) is 0 Å². The second-order valence-corrected chi connectivity index (χ2v) is 3.66. The van der Waals surface area contributed by atoms with E-state index < -0.39 is 0 Å². The van der Waals surface area contributed by atoms with E-state index in [9.17, 15) is 4.79 Å². The highest BCUT2D eigenvalue weighted by Crippen LogP contribution is 2.25. The third-order valence-corrected chi connectivity index (χ3v) is 2.21. The van der Waals surface area contributed by atoms with Gasteiger partial charge >= 0.3 is 5.97 Å². The number of carbonyl (C=O) groups is 1. The molecule has 1 rings (SSSR count). The summed E-state index contributed by atoms with van der Waals surface area (Å²) in [5, 5.41) is 3.03. The zero-order valence-electron chi connectivity index (χ0n) is 10.8. The van der Waals surface area contributed by atoms with Gasteiger partial charge in [0.15, 0.2) is 0 Å². The molecular weight excluding hydrogens is 232 g/mol. The van der Waals surface area contributed by atoms with E-state index in [0.717, 1.165) is 0 Å². The van der Waals surface area contributed by atoms with Crippen molar-refractivity contribution in [2.24, 2.45) is 0 Å². The van der Waals surface area contributed by atoms with Gasteiger partial charge < -0.3 is 20.5 Å². The fraction of sp³-hybridized carbons (Fsp3) is 0.308. The summed E-state index contributed by atoms with van der Waals surface area (Å²) in [6.07, 6.45) is 1.38. The predicted octanol–water partition coefficient (Wildman–Crippen LogP) is 2.16. The van der Waals surface area contributed by atoms with Crippen LogP contribution < -0.4 is 15.8 Å². The van der Waals surface area contributed by atoms with Crippen LogP contribution >= 0.6 is 0 Å². The number of carbonyl (C=O) groups excluding carboxylic acids is 1. The van der Waals surface area contributed by atoms with Crippen molar-refractivity contribution in [1.29, 1.82) is 0 Å². The van der Waals surface area contributed by atoms with Gasteiger partial charge in [-0.25, -0.2) is 4.79 Å². The lowest BCUT2D eigenvalue weighted by Gasteiger charge is -2.10. The number of nitrogen functional groups attached to an aromatic ring is 1. The van der Waals surface area contributed by atoms with Crippen molar-refractivity contribution < 1.29 is 14.3 Å². The van der Waals surface area contributed by atoms with Gasteiger partial charge in [-0.1, -0.05) is 0 Å². The van der Waals surface area contributed by atoms with E-state index in [1.807, 2.05) is 0 Å². The maximum Gasteiger partial charge on any atom is 0.332 e. The van der Waals surface area contributed by atoms with Crippen LogP contribution in [0.2, 0.25) is 0 Å². The van der Waals surface area contributed by atoms with Gasteiger partial charge in [0.25, 0.3) is 0 Å². The maximum absolute atomic E-state index is 11.2. The topological polar surface area (TPSA) is 73.6 Å². The molecule has 3 N–H and O–H groups in total. The van der Waals surface area contributed by atoms with Gasteiger partial charge in [0.05, 0.1) is 25.1 Å². The molecule has 18 heavy (non-hydrogen) atoms. The van der Waals surface area contributed by atoms with Gasteiger partial charge in [-0.2, -0.15) is 0 Å². The third-order valence-electron chi connectivity index (χ3n) is 2.21. The molecule has 0 spiro atoms. The van der Waals surface area contributed by atoms with Crippen molar-refractivity contribution in [3.8, 4) is 5.75 Å². The second-order valence-electron chi connectivity index (χ2n) is 3.66. The van der Waals surface area contributed by atoms with Gasteiger partial charge in [-0.15, -0.1) is 0 Å². The fourth-order valence-corrected chi connectivity index (χ4v) is 1.39. The van der Waals surface area contributed by atoms with E-state index in [4.69, 9.17) is 15.2 Å². The Morgan fingerprint density at radius 1 is 1.50 bits per heavy atom. The lowest BCUT2D eigenvalue weighted by atomic mass is 10.2. The molecule has 0 saturated carbocycles. The van der Waals surface area contributed by atoms with Gasteiger partial charge in [0.2, 0.25) is 0 Å². The number of anilines is 2. The minimum atomic E-state index is -0.380. The number of allylic oxidation sites excluding steroid dienone is 1. The molecule has 0 radical (unpaired) electrons. The number of ether oxygens (including phenoxy) is 2. The first-order valence-electron chi connectivity index (χ1n) is 5.62. The molecule has 0 bridgehead atoms. The number of hydrogen-bond acceptors (Lipinski definition) is 5. The molecule has 5 heteroatoms. The molecule has 0 saturated heterocycles. The zero-order chi connectivity index (χ0) is 13.5. The normalized spacial score (nSPS) is 10.9.